The van der Waals surface area contributed by atoms with E-state index in [1.165, 1.54) is 24.8 Å². The molecule has 2 rings (SSSR count). The molecule has 0 bridgehead atoms. The third-order valence-corrected chi connectivity index (χ3v) is 3.40. The monoisotopic (exact) mass is 216 g/mol. The van der Waals surface area contributed by atoms with Crippen LogP contribution < -0.4 is 0 Å². The molecule has 0 aliphatic heterocycles. The van der Waals surface area contributed by atoms with Crippen molar-refractivity contribution in [2.24, 2.45) is 5.92 Å². The molecule has 1 aromatic rings. The Morgan fingerprint density at radius 1 is 1.31 bits per heavy atom. The molecular formula is C15H20O. The number of hydrogen-bond acceptors (Lipinski definition) is 1. The van der Waals surface area contributed by atoms with Gasteiger partial charge in [-0.25, -0.2) is 0 Å². The number of hydrogen-bond donors (Lipinski definition) is 0. The number of benzene rings is 1. The number of ketones is 1. The Balaban J connectivity index is 2.21. The molecule has 0 radical (unpaired) electrons. The minimum atomic E-state index is 0.317. The first-order chi connectivity index (χ1) is 7.68. The lowest BCUT2D eigenvalue weighted by atomic mass is 9.77. The average Bonchev–Trinajstić information content (AvgIpc) is 2.14. The number of Topliss-reactive ketones (excluding diaryl/α,β-unsaturated/α-hetero) is 1. The molecule has 16 heavy (non-hydrogen) atoms. The van der Waals surface area contributed by atoms with E-state index >= 15 is 0 Å². The van der Waals surface area contributed by atoms with Gasteiger partial charge in [0.2, 0.25) is 0 Å². The van der Waals surface area contributed by atoms with Gasteiger partial charge in [0.25, 0.3) is 0 Å². The molecule has 0 saturated heterocycles. The molecule has 1 aliphatic rings. The van der Waals surface area contributed by atoms with Crippen molar-refractivity contribution in [3.8, 4) is 0 Å². The molecule has 0 heterocycles. The van der Waals surface area contributed by atoms with Crippen molar-refractivity contribution in [3.05, 3.63) is 35.4 Å². The molecule has 0 aromatic heterocycles. The molecule has 0 unspecified atom stereocenters. The van der Waals surface area contributed by atoms with E-state index in [-0.39, 0.29) is 0 Å². The van der Waals surface area contributed by atoms with Crippen LogP contribution in [0.5, 0.6) is 0 Å². The van der Waals surface area contributed by atoms with Crippen molar-refractivity contribution in [1.82, 2.24) is 0 Å². The fourth-order valence-electron chi connectivity index (χ4n) is 2.31. The minimum absolute atomic E-state index is 0.317. The highest BCUT2D eigenvalue weighted by molar-refractivity contribution is 5.97. The summed E-state index contributed by atoms with van der Waals surface area (Å²) >= 11 is 0. The summed E-state index contributed by atoms with van der Waals surface area (Å²) in [6.45, 7) is 4.20. The van der Waals surface area contributed by atoms with Gasteiger partial charge in [-0.05, 0) is 30.2 Å². The van der Waals surface area contributed by atoms with Crippen LogP contribution >= 0.6 is 0 Å². The summed E-state index contributed by atoms with van der Waals surface area (Å²) < 4.78 is 0. The fourth-order valence-corrected chi connectivity index (χ4v) is 2.31. The first-order valence-electron chi connectivity index (χ1n) is 6.30. The Morgan fingerprint density at radius 3 is 2.56 bits per heavy atom. The number of carbonyl (C=O) groups excluding carboxylic acids is 1. The maximum atomic E-state index is 12.1. The molecule has 0 spiro atoms. The largest absolute Gasteiger partial charge is 0.294 e. The summed E-state index contributed by atoms with van der Waals surface area (Å²) in [6.07, 6.45) is 4.50. The quantitative estimate of drug-likeness (QED) is 0.690. The third-order valence-electron chi connectivity index (χ3n) is 3.40. The Labute approximate surface area is 97.9 Å². The Hall–Kier alpha value is -1.11. The van der Waals surface area contributed by atoms with E-state index in [0.717, 1.165) is 5.56 Å². The van der Waals surface area contributed by atoms with Gasteiger partial charge in [-0.1, -0.05) is 44.5 Å². The second-order valence-electron chi connectivity index (χ2n) is 5.24. The molecule has 1 fully saturated rings. The zero-order valence-electron chi connectivity index (χ0n) is 10.2. The van der Waals surface area contributed by atoms with Crippen LogP contribution in [0.3, 0.4) is 0 Å². The van der Waals surface area contributed by atoms with Crippen molar-refractivity contribution in [1.29, 1.82) is 0 Å². The normalized spacial score (nSPS) is 16.2. The average molecular weight is 216 g/mol. The van der Waals surface area contributed by atoms with E-state index in [0.29, 0.717) is 24.0 Å². The van der Waals surface area contributed by atoms with Crippen LogP contribution in [-0.4, -0.2) is 5.78 Å². The summed E-state index contributed by atoms with van der Waals surface area (Å²) in [5, 5.41) is 0. The lowest BCUT2D eigenvalue weighted by Crippen LogP contribution is -2.14. The highest BCUT2D eigenvalue weighted by Gasteiger charge is 2.24. The van der Waals surface area contributed by atoms with Crippen LogP contribution in [0.15, 0.2) is 24.3 Å². The number of carbonyl (C=O) groups is 1. The summed E-state index contributed by atoms with van der Waals surface area (Å²) in [5.74, 6) is 1.41. The van der Waals surface area contributed by atoms with Crippen molar-refractivity contribution in [3.63, 3.8) is 0 Å². The van der Waals surface area contributed by atoms with E-state index in [9.17, 15) is 4.79 Å². The standard InChI is InChI=1S/C15H20O/c1-11(2)10-15(16)14-9-4-3-8-13(14)12-6-5-7-12/h3-4,8-9,11-12H,5-7,10H2,1-2H3. The lowest BCUT2D eigenvalue weighted by Gasteiger charge is -2.27. The molecule has 1 aromatic carbocycles. The Kier molecular flexibility index (Phi) is 3.42. The van der Waals surface area contributed by atoms with Crippen LogP contribution in [0, 0.1) is 5.92 Å². The summed E-state index contributed by atoms with van der Waals surface area (Å²) in [6, 6.07) is 8.17. The first kappa shape index (κ1) is 11.4. The maximum Gasteiger partial charge on any atom is 0.163 e. The highest BCUT2D eigenvalue weighted by Crippen LogP contribution is 2.38. The topological polar surface area (TPSA) is 17.1 Å². The molecule has 86 valence electrons. The molecular weight excluding hydrogens is 196 g/mol. The maximum absolute atomic E-state index is 12.1. The summed E-state index contributed by atoms with van der Waals surface area (Å²) in [4.78, 5) is 12.1. The smallest absolute Gasteiger partial charge is 0.163 e. The number of rotatable bonds is 4. The van der Waals surface area contributed by atoms with E-state index in [1.807, 2.05) is 12.1 Å². The highest BCUT2D eigenvalue weighted by atomic mass is 16.1. The predicted octanol–water partition coefficient (Wildman–Crippen LogP) is 4.18. The molecule has 1 aliphatic carbocycles. The van der Waals surface area contributed by atoms with Gasteiger partial charge in [0.05, 0.1) is 0 Å². The van der Waals surface area contributed by atoms with E-state index in [4.69, 9.17) is 0 Å². The minimum Gasteiger partial charge on any atom is -0.294 e. The zero-order valence-corrected chi connectivity index (χ0v) is 10.2. The van der Waals surface area contributed by atoms with Gasteiger partial charge in [-0.15, -0.1) is 0 Å². The zero-order chi connectivity index (χ0) is 11.5. The molecule has 0 N–H and O–H groups in total. The van der Waals surface area contributed by atoms with Crippen molar-refractivity contribution in [2.75, 3.05) is 0 Å². The van der Waals surface area contributed by atoms with Gasteiger partial charge >= 0.3 is 0 Å². The van der Waals surface area contributed by atoms with Gasteiger partial charge in [0, 0.05) is 12.0 Å². The van der Waals surface area contributed by atoms with Crippen LogP contribution in [-0.2, 0) is 0 Å². The second-order valence-corrected chi connectivity index (χ2v) is 5.24. The van der Waals surface area contributed by atoms with Crippen LogP contribution in [0.1, 0.15) is 61.4 Å². The van der Waals surface area contributed by atoms with Gasteiger partial charge in [0.1, 0.15) is 0 Å². The summed E-state index contributed by atoms with van der Waals surface area (Å²) in [7, 11) is 0. The van der Waals surface area contributed by atoms with Gasteiger partial charge in [-0.2, -0.15) is 0 Å². The van der Waals surface area contributed by atoms with Crippen LogP contribution in [0.2, 0.25) is 0 Å². The van der Waals surface area contributed by atoms with Gasteiger partial charge < -0.3 is 0 Å². The van der Waals surface area contributed by atoms with Gasteiger partial charge in [-0.3, -0.25) is 4.79 Å². The van der Waals surface area contributed by atoms with Gasteiger partial charge in [0.15, 0.2) is 5.78 Å². The van der Waals surface area contributed by atoms with Crippen LogP contribution in [0.4, 0.5) is 0 Å². The Bertz CT molecular complexity index is 375. The van der Waals surface area contributed by atoms with Crippen molar-refractivity contribution in [2.45, 2.75) is 45.4 Å². The third kappa shape index (κ3) is 2.34. The van der Waals surface area contributed by atoms with Crippen LogP contribution in [0.25, 0.3) is 0 Å². The Morgan fingerprint density at radius 2 is 2.00 bits per heavy atom. The lowest BCUT2D eigenvalue weighted by molar-refractivity contribution is 0.0966. The predicted molar refractivity (Wildman–Crippen MR) is 66.8 cm³/mol. The fraction of sp³-hybridized carbons (Fsp3) is 0.533. The van der Waals surface area contributed by atoms with E-state index in [2.05, 4.69) is 26.0 Å². The van der Waals surface area contributed by atoms with E-state index < -0.39 is 0 Å². The molecule has 1 heteroatoms. The first-order valence-corrected chi connectivity index (χ1v) is 6.30. The summed E-state index contributed by atoms with van der Waals surface area (Å²) in [5.41, 5.74) is 2.26. The molecule has 1 saturated carbocycles. The van der Waals surface area contributed by atoms with Crippen molar-refractivity contribution >= 4 is 5.78 Å². The van der Waals surface area contributed by atoms with E-state index in [1.54, 1.807) is 0 Å². The molecule has 1 nitrogen and oxygen atoms in total. The second kappa shape index (κ2) is 4.82. The molecule has 0 amide bonds. The van der Waals surface area contributed by atoms with Crippen molar-refractivity contribution < 1.29 is 4.79 Å². The SMILES string of the molecule is CC(C)CC(=O)c1ccccc1C1CCC1. The molecule has 0 atom stereocenters.